The molecule has 0 N–H and O–H groups in total. The van der Waals surface area contributed by atoms with Crippen LogP contribution < -0.4 is 0 Å². The summed E-state index contributed by atoms with van der Waals surface area (Å²) in [5.41, 5.74) is 0. The molecular formula is C11H16BrNO3S. The quantitative estimate of drug-likeness (QED) is 0.806. The second kappa shape index (κ2) is 6.49. The summed E-state index contributed by atoms with van der Waals surface area (Å²) < 4.78 is 31.6. The topological polar surface area (TPSA) is 46.6 Å². The fourth-order valence-corrected chi connectivity index (χ4v) is 3.83. The van der Waals surface area contributed by atoms with E-state index in [0.29, 0.717) is 24.2 Å². The molecule has 0 fully saturated rings. The Bertz CT molecular complexity index is 462. The Hall–Kier alpha value is -0.430. The molecule has 0 bridgehead atoms. The molecule has 1 aromatic carbocycles. The normalized spacial score (nSPS) is 12.0. The van der Waals surface area contributed by atoms with Crippen LogP contribution in [0.3, 0.4) is 0 Å². The Morgan fingerprint density at radius 3 is 2.53 bits per heavy atom. The Morgan fingerprint density at radius 1 is 1.35 bits per heavy atom. The van der Waals surface area contributed by atoms with Crippen LogP contribution in [-0.2, 0) is 14.8 Å². The third kappa shape index (κ3) is 3.51. The van der Waals surface area contributed by atoms with E-state index in [0.717, 1.165) is 0 Å². The van der Waals surface area contributed by atoms with Gasteiger partial charge in [0.2, 0.25) is 10.0 Å². The molecule has 0 heterocycles. The average molecular weight is 322 g/mol. The van der Waals surface area contributed by atoms with Gasteiger partial charge < -0.3 is 4.74 Å². The monoisotopic (exact) mass is 321 g/mol. The molecule has 0 spiro atoms. The molecule has 0 atom stereocenters. The van der Waals surface area contributed by atoms with Crippen molar-refractivity contribution in [2.45, 2.75) is 11.8 Å². The summed E-state index contributed by atoms with van der Waals surface area (Å²) in [7, 11) is -1.89. The molecule has 0 radical (unpaired) electrons. The molecule has 1 aromatic rings. The second-order valence-electron chi connectivity index (χ2n) is 3.42. The van der Waals surface area contributed by atoms with Crippen LogP contribution in [0.25, 0.3) is 0 Å². The third-order valence-corrected chi connectivity index (χ3v) is 5.34. The number of rotatable bonds is 6. The smallest absolute Gasteiger partial charge is 0.244 e. The maximum Gasteiger partial charge on any atom is 0.244 e. The summed E-state index contributed by atoms with van der Waals surface area (Å²) in [6.45, 7) is 2.98. The standard InChI is InChI=1S/C11H16BrNO3S/c1-3-13(8-9-16-2)17(14,15)11-7-5-4-6-10(11)12/h4-7H,3,8-9H2,1-2H3. The van der Waals surface area contributed by atoms with Gasteiger partial charge in [0.25, 0.3) is 0 Å². The van der Waals surface area contributed by atoms with Crippen molar-refractivity contribution in [2.24, 2.45) is 0 Å². The lowest BCUT2D eigenvalue weighted by Gasteiger charge is -2.20. The largest absolute Gasteiger partial charge is 0.383 e. The molecule has 0 unspecified atom stereocenters. The highest BCUT2D eigenvalue weighted by Crippen LogP contribution is 2.24. The highest BCUT2D eigenvalue weighted by atomic mass is 79.9. The van der Waals surface area contributed by atoms with Crippen LogP contribution in [0.5, 0.6) is 0 Å². The van der Waals surface area contributed by atoms with E-state index in [-0.39, 0.29) is 4.90 Å². The van der Waals surface area contributed by atoms with Gasteiger partial charge in [-0.1, -0.05) is 19.1 Å². The summed E-state index contributed by atoms with van der Waals surface area (Å²) in [4.78, 5) is 0.290. The average Bonchev–Trinajstić information content (AvgIpc) is 2.30. The lowest BCUT2D eigenvalue weighted by molar-refractivity contribution is 0.180. The SMILES string of the molecule is CCN(CCOC)S(=O)(=O)c1ccccc1Br. The first-order chi connectivity index (χ1) is 8.04. The number of methoxy groups -OCH3 is 1. The Kier molecular flexibility index (Phi) is 5.58. The van der Waals surface area contributed by atoms with Gasteiger partial charge in [0.1, 0.15) is 0 Å². The van der Waals surface area contributed by atoms with Crippen molar-refractivity contribution in [2.75, 3.05) is 26.8 Å². The van der Waals surface area contributed by atoms with Crippen molar-refractivity contribution in [1.82, 2.24) is 4.31 Å². The van der Waals surface area contributed by atoms with Crippen molar-refractivity contribution >= 4 is 26.0 Å². The van der Waals surface area contributed by atoms with Gasteiger partial charge in [-0.05, 0) is 28.1 Å². The van der Waals surface area contributed by atoms with Gasteiger partial charge in [-0.25, -0.2) is 8.42 Å². The van der Waals surface area contributed by atoms with Crippen molar-refractivity contribution in [3.8, 4) is 0 Å². The summed E-state index contributed by atoms with van der Waals surface area (Å²) in [6, 6.07) is 6.81. The number of likely N-dealkylation sites (N-methyl/N-ethyl adjacent to an activating group) is 1. The summed E-state index contributed by atoms with van der Waals surface area (Å²) in [6.07, 6.45) is 0. The molecule has 6 heteroatoms. The molecule has 17 heavy (non-hydrogen) atoms. The van der Waals surface area contributed by atoms with E-state index in [1.54, 1.807) is 31.4 Å². The molecule has 0 aliphatic heterocycles. The maximum absolute atomic E-state index is 12.3. The van der Waals surface area contributed by atoms with E-state index in [2.05, 4.69) is 15.9 Å². The molecule has 96 valence electrons. The highest BCUT2D eigenvalue weighted by Gasteiger charge is 2.24. The van der Waals surface area contributed by atoms with Gasteiger partial charge in [0, 0.05) is 24.7 Å². The molecule has 0 aliphatic rings. The van der Waals surface area contributed by atoms with Crippen LogP contribution in [0, 0.1) is 0 Å². The second-order valence-corrected chi connectivity index (χ2v) is 6.18. The predicted octanol–water partition coefficient (Wildman–Crippen LogP) is 2.11. The maximum atomic E-state index is 12.3. The third-order valence-electron chi connectivity index (χ3n) is 2.35. The fourth-order valence-electron chi connectivity index (χ4n) is 1.43. The number of halogens is 1. The van der Waals surface area contributed by atoms with Crippen LogP contribution in [0.1, 0.15) is 6.92 Å². The molecule has 0 aromatic heterocycles. The Labute approximate surface area is 111 Å². The van der Waals surface area contributed by atoms with Crippen LogP contribution >= 0.6 is 15.9 Å². The van der Waals surface area contributed by atoms with Crippen LogP contribution in [0.15, 0.2) is 33.6 Å². The van der Waals surface area contributed by atoms with Gasteiger partial charge in [-0.2, -0.15) is 4.31 Å². The van der Waals surface area contributed by atoms with Gasteiger partial charge in [0.15, 0.2) is 0 Å². The number of sulfonamides is 1. The minimum atomic E-state index is -3.45. The molecule has 1 rings (SSSR count). The molecule has 0 amide bonds. The summed E-state index contributed by atoms with van der Waals surface area (Å²) in [5, 5.41) is 0. The van der Waals surface area contributed by atoms with Crippen LogP contribution in [0.4, 0.5) is 0 Å². The molecule has 4 nitrogen and oxygen atoms in total. The number of benzene rings is 1. The van der Waals surface area contributed by atoms with Crippen LogP contribution in [-0.4, -0.2) is 39.5 Å². The number of hydrogen-bond donors (Lipinski definition) is 0. The lowest BCUT2D eigenvalue weighted by atomic mass is 10.4. The first kappa shape index (κ1) is 14.6. The first-order valence-corrected chi connectivity index (χ1v) is 7.51. The van der Waals surface area contributed by atoms with Gasteiger partial charge in [-0.15, -0.1) is 0 Å². The van der Waals surface area contributed by atoms with Crippen molar-refractivity contribution in [3.05, 3.63) is 28.7 Å². The molecule has 0 saturated heterocycles. The zero-order valence-electron chi connectivity index (χ0n) is 9.89. The Morgan fingerprint density at radius 2 is 2.00 bits per heavy atom. The van der Waals surface area contributed by atoms with E-state index < -0.39 is 10.0 Å². The van der Waals surface area contributed by atoms with E-state index in [4.69, 9.17) is 4.74 Å². The molecule has 0 saturated carbocycles. The minimum absolute atomic E-state index is 0.290. The molecule has 0 aliphatic carbocycles. The zero-order valence-corrected chi connectivity index (χ0v) is 12.3. The number of hydrogen-bond acceptors (Lipinski definition) is 3. The van der Waals surface area contributed by atoms with E-state index in [1.165, 1.54) is 4.31 Å². The minimum Gasteiger partial charge on any atom is -0.383 e. The Balaban J connectivity index is 3.05. The van der Waals surface area contributed by atoms with Gasteiger partial charge >= 0.3 is 0 Å². The first-order valence-electron chi connectivity index (χ1n) is 5.27. The van der Waals surface area contributed by atoms with E-state index >= 15 is 0 Å². The van der Waals surface area contributed by atoms with Gasteiger partial charge in [-0.3, -0.25) is 0 Å². The van der Waals surface area contributed by atoms with Gasteiger partial charge in [0.05, 0.1) is 11.5 Å². The van der Waals surface area contributed by atoms with Crippen molar-refractivity contribution in [1.29, 1.82) is 0 Å². The number of nitrogens with zero attached hydrogens (tertiary/aromatic N) is 1. The predicted molar refractivity (Wildman–Crippen MR) is 70.5 cm³/mol. The van der Waals surface area contributed by atoms with E-state index in [9.17, 15) is 8.42 Å². The lowest BCUT2D eigenvalue weighted by Crippen LogP contribution is -2.33. The van der Waals surface area contributed by atoms with Crippen LogP contribution in [0.2, 0.25) is 0 Å². The summed E-state index contributed by atoms with van der Waals surface area (Å²) in [5.74, 6) is 0. The highest BCUT2D eigenvalue weighted by molar-refractivity contribution is 9.10. The number of ether oxygens (including phenoxy) is 1. The molecular weight excluding hydrogens is 306 g/mol. The van der Waals surface area contributed by atoms with E-state index in [1.807, 2.05) is 6.92 Å². The summed E-state index contributed by atoms with van der Waals surface area (Å²) >= 11 is 3.26. The van der Waals surface area contributed by atoms with Crippen molar-refractivity contribution < 1.29 is 13.2 Å². The van der Waals surface area contributed by atoms with Crippen molar-refractivity contribution in [3.63, 3.8) is 0 Å². The fraction of sp³-hybridized carbons (Fsp3) is 0.455. The zero-order chi connectivity index (χ0) is 12.9.